The van der Waals surface area contributed by atoms with Gasteiger partial charge in [-0.1, -0.05) is 0 Å². The zero-order valence-electron chi connectivity index (χ0n) is 9.09. The highest BCUT2D eigenvalue weighted by atomic mass is 32.1. The second-order valence-electron chi connectivity index (χ2n) is 3.28. The summed E-state index contributed by atoms with van der Waals surface area (Å²) in [5.41, 5.74) is 2.89. The number of thiazole rings is 1. The number of nitrogens with one attached hydrogen (secondary N) is 1. The fourth-order valence-electron chi connectivity index (χ4n) is 1.36. The summed E-state index contributed by atoms with van der Waals surface area (Å²) in [7, 11) is 1.68. The van der Waals surface area contributed by atoms with Gasteiger partial charge in [-0.3, -0.25) is 0 Å². The minimum atomic E-state index is 0.670. The van der Waals surface area contributed by atoms with Gasteiger partial charge in [-0.25, -0.2) is 9.97 Å². The smallest absolute Gasteiger partial charge is 0.203 e. The minimum absolute atomic E-state index is 0.670. The maximum Gasteiger partial charge on any atom is 0.203 e. The first kappa shape index (κ1) is 11.1. The fraction of sp³-hybridized carbons (Fsp3) is 0.400. The van der Waals surface area contributed by atoms with Crippen LogP contribution >= 0.6 is 11.3 Å². The van der Waals surface area contributed by atoms with Crippen molar-refractivity contribution in [1.82, 2.24) is 14.5 Å². The monoisotopic (exact) mass is 238 g/mol. The second kappa shape index (κ2) is 5.62. The Labute approximate surface area is 98.1 Å². The molecule has 0 aliphatic heterocycles. The molecule has 2 aromatic rings. The lowest BCUT2D eigenvalue weighted by Gasteiger charge is -2.07. The van der Waals surface area contributed by atoms with Gasteiger partial charge in [0.25, 0.3) is 0 Å². The third-order valence-electron chi connectivity index (χ3n) is 2.12. The second-order valence-corrected chi connectivity index (χ2v) is 4.00. The Bertz CT molecular complexity index is 412. The van der Waals surface area contributed by atoms with Crippen molar-refractivity contribution in [2.45, 2.75) is 6.54 Å². The van der Waals surface area contributed by atoms with Crippen LogP contribution in [0.15, 0.2) is 23.3 Å². The van der Waals surface area contributed by atoms with Crippen molar-refractivity contribution >= 4 is 17.3 Å². The summed E-state index contributed by atoms with van der Waals surface area (Å²) in [4.78, 5) is 8.49. The Balaban J connectivity index is 1.96. The number of hydrogen-bond donors (Lipinski definition) is 1. The highest BCUT2D eigenvalue weighted by Crippen LogP contribution is 2.09. The van der Waals surface area contributed by atoms with Crippen molar-refractivity contribution in [3.63, 3.8) is 0 Å². The van der Waals surface area contributed by atoms with Crippen molar-refractivity contribution in [2.75, 3.05) is 25.6 Å². The number of rotatable bonds is 6. The Morgan fingerprint density at radius 1 is 1.50 bits per heavy atom. The van der Waals surface area contributed by atoms with Crippen LogP contribution in [-0.2, 0) is 11.3 Å². The van der Waals surface area contributed by atoms with Crippen LogP contribution in [0.4, 0.5) is 5.95 Å². The fourth-order valence-corrected chi connectivity index (χ4v) is 1.91. The van der Waals surface area contributed by atoms with Gasteiger partial charge in [-0.05, 0) is 0 Å². The Hall–Kier alpha value is -1.40. The van der Waals surface area contributed by atoms with Crippen LogP contribution in [0.1, 0.15) is 5.69 Å². The lowest BCUT2D eigenvalue weighted by Crippen LogP contribution is -2.12. The van der Waals surface area contributed by atoms with Crippen LogP contribution < -0.4 is 5.32 Å². The van der Waals surface area contributed by atoms with Crippen molar-refractivity contribution in [1.29, 1.82) is 0 Å². The van der Waals surface area contributed by atoms with Gasteiger partial charge in [-0.2, -0.15) is 0 Å². The highest BCUT2D eigenvalue weighted by molar-refractivity contribution is 7.07. The summed E-state index contributed by atoms with van der Waals surface area (Å²) < 4.78 is 7.01. The van der Waals surface area contributed by atoms with E-state index in [1.807, 2.05) is 21.7 Å². The van der Waals surface area contributed by atoms with Gasteiger partial charge in [0.1, 0.15) is 0 Å². The molecule has 5 nitrogen and oxygen atoms in total. The molecule has 0 atom stereocenters. The zero-order chi connectivity index (χ0) is 11.2. The average molecular weight is 238 g/mol. The molecule has 0 radical (unpaired) electrons. The molecule has 0 bridgehead atoms. The van der Waals surface area contributed by atoms with Gasteiger partial charge >= 0.3 is 0 Å². The largest absolute Gasteiger partial charge is 0.383 e. The van der Waals surface area contributed by atoms with E-state index in [1.54, 1.807) is 24.6 Å². The van der Waals surface area contributed by atoms with Crippen molar-refractivity contribution in [3.8, 4) is 0 Å². The van der Waals surface area contributed by atoms with Gasteiger partial charge in [0.15, 0.2) is 0 Å². The molecule has 0 saturated carbocycles. The number of aromatic nitrogens is 3. The lowest BCUT2D eigenvalue weighted by atomic mass is 10.5. The van der Waals surface area contributed by atoms with Crippen LogP contribution in [0.25, 0.3) is 0 Å². The minimum Gasteiger partial charge on any atom is -0.383 e. The molecule has 0 spiro atoms. The molecule has 2 rings (SSSR count). The number of ether oxygens (including phenoxy) is 1. The molecule has 86 valence electrons. The molecule has 0 aromatic carbocycles. The predicted molar refractivity (Wildman–Crippen MR) is 63.8 cm³/mol. The molecule has 0 aliphatic rings. The van der Waals surface area contributed by atoms with Crippen LogP contribution in [0, 0.1) is 0 Å². The van der Waals surface area contributed by atoms with Gasteiger partial charge < -0.3 is 14.6 Å². The van der Waals surface area contributed by atoms with E-state index < -0.39 is 0 Å². The molecule has 0 aliphatic carbocycles. The van der Waals surface area contributed by atoms with E-state index in [-0.39, 0.29) is 0 Å². The third kappa shape index (κ3) is 2.80. The summed E-state index contributed by atoms with van der Waals surface area (Å²) in [6, 6.07) is 0. The van der Waals surface area contributed by atoms with E-state index in [0.29, 0.717) is 6.61 Å². The van der Waals surface area contributed by atoms with Gasteiger partial charge in [0.2, 0.25) is 5.95 Å². The predicted octanol–water partition coefficient (Wildman–Crippen LogP) is 1.45. The molecule has 16 heavy (non-hydrogen) atoms. The summed E-state index contributed by atoms with van der Waals surface area (Å²) in [6.07, 6.45) is 3.72. The Kier molecular flexibility index (Phi) is 3.90. The van der Waals surface area contributed by atoms with E-state index in [2.05, 4.69) is 15.3 Å². The Morgan fingerprint density at radius 3 is 3.19 bits per heavy atom. The molecule has 0 unspecified atom stereocenters. The molecule has 0 fully saturated rings. The molecule has 2 aromatic heterocycles. The topological polar surface area (TPSA) is 52.0 Å². The number of hydrogen-bond acceptors (Lipinski definition) is 5. The van der Waals surface area contributed by atoms with E-state index in [1.165, 1.54) is 0 Å². The van der Waals surface area contributed by atoms with Crippen LogP contribution in [0.2, 0.25) is 0 Å². The number of imidazole rings is 1. The number of nitrogens with zero attached hydrogens (tertiary/aromatic N) is 3. The van der Waals surface area contributed by atoms with Crippen molar-refractivity contribution in [3.05, 3.63) is 29.0 Å². The quantitative estimate of drug-likeness (QED) is 0.774. The van der Waals surface area contributed by atoms with E-state index in [9.17, 15) is 0 Å². The van der Waals surface area contributed by atoms with E-state index in [0.717, 1.165) is 24.7 Å². The maximum absolute atomic E-state index is 4.98. The summed E-state index contributed by atoms with van der Waals surface area (Å²) in [5, 5.41) is 5.25. The first-order chi connectivity index (χ1) is 7.90. The molecule has 6 heteroatoms. The molecule has 1 N–H and O–H groups in total. The molecular formula is C10H14N4OS. The normalized spacial score (nSPS) is 10.6. The van der Waals surface area contributed by atoms with Crippen molar-refractivity contribution < 1.29 is 4.74 Å². The first-order valence-electron chi connectivity index (χ1n) is 5.01. The zero-order valence-corrected chi connectivity index (χ0v) is 9.91. The van der Waals surface area contributed by atoms with Gasteiger partial charge in [0, 0.05) is 31.4 Å². The first-order valence-corrected chi connectivity index (χ1v) is 5.95. The van der Waals surface area contributed by atoms with Crippen molar-refractivity contribution in [2.24, 2.45) is 0 Å². The van der Waals surface area contributed by atoms with Gasteiger partial charge in [-0.15, -0.1) is 11.3 Å². The molecule has 2 heterocycles. The number of anilines is 1. The SMILES string of the molecule is COCCNc1nccn1Cc1cscn1. The summed E-state index contributed by atoms with van der Waals surface area (Å²) >= 11 is 1.60. The highest BCUT2D eigenvalue weighted by Gasteiger charge is 2.03. The van der Waals surface area contributed by atoms with Crippen LogP contribution in [0.3, 0.4) is 0 Å². The van der Waals surface area contributed by atoms with Crippen LogP contribution in [-0.4, -0.2) is 34.8 Å². The lowest BCUT2D eigenvalue weighted by molar-refractivity contribution is 0.210. The van der Waals surface area contributed by atoms with Crippen LogP contribution in [0.5, 0.6) is 0 Å². The molecule has 0 saturated heterocycles. The van der Waals surface area contributed by atoms with E-state index >= 15 is 0 Å². The van der Waals surface area contributed by atoms with Gasteiger partial charge in [0.05, 0.1) is 24.4 Å². The standard InChI is InChI=1S/C10H14N4OS/c1-15-5-3-12-10-11-2-4-14(10)6-9-7-16-8-13-9/h2,4,7-8H,3,5-6H2,1H3,(H,11,12). The average Bonchev–Trinajstić information content (AvgIpc) is 2.92. The third-order valence-corrected chi connectivity index (χ3v) is 2.76. The van der Waals surface area contributed by atoms with E-state index in [4.69, 9.17) is 4.74 Å². The molecule has 0 amide bonds. The molecular weight excluding hydrogens is 224 g/mol. The number of methoxy groups -OCH3 is 1. The summed E-state index contributed by atoms with van der Waals surface area (Å²) in [6.45, 7) is 2.17. The maximum atomic E-state index is 4.98. The Morgan fingerprint density at radius 2 is 2.44 bits per heavy atom. The summed E-state index contributed by atoms with van der Waals surface area (Å²) in [5.74, 6) is 0.852.